The van der Waals surface area contributed by atoms with Gasteiger partial charge in [0.15, 0.2) is 6.61 Å². The maximum Gasteiger partial charge on any atom is 0.340 e. The molecule has 1 aromatic heterocycles. The Bertz CT molecular complexity index is 1040. The van der Waals surface area contributed by atoms with Gasteiger partial charge in [-0.2, -0.15) is 0 Å². The van der Waals surface area contributed by atoms with Crippen molar-refractivity contribution < 1.29 is 28.7 Å². The van der Waals surface area contributed by atoms with Gasteiger partial charge in [-0.3, -0.25) is 9.59 Å². The number of aryl methyl sites for hydroxylation is 2. The average Bonchev–Trinajstić information content (AvgIpc) is 3.04. The van der Waals surface area contributed by atoms with E-state index in [0.29, 0.717) is 24.4 Å². The van der Waals surface area contributed by atoms with Crippen LogP contribution in [0.4, 0.5) is 0 Å². The van der Waals surface area contributed by atoms with E-state index in [1.165, 1.54) is 11.8 Å². The van der Waals surface area contributed by atoms with Crippen LogP contribution in [-0.4, -0.2) is 52.8 Å². The summed E-state index contributed by atoms with van der Waals surface area (Å²) in [7, 11) is 0. The van der Waals surface area contributed by atoms with Crippen molar-refractivity contribution in [3.8, 4) is 0 Å². The van der Waals surface area contributed by atoms with Gasteiger partial charge < -0.3 is 19.4 Å². The molecule has 2 aromatic rings. The summed E-state index contributed by atoms with van der Waals surface area (Å²) >= 11 is 0. The molecule has 0 saturated heterocycles. The van der Waals surface area contributed by atoms with Crippen LogP contribution in [0.1, 0.15) is 57.1 Å². The highest BCUT2D eigenvalue weighted by Crippen LogP contribution is 2.25. The maximum absolute atomic E-state index is 12.8. The van der Waals surface area contributed by atoms with Crippen LogP contribution in [0.3, 0.4) is 0 Å². The number of Topliss-reactive ketones (excluding diaryl/α,β-unsaturated/α-hetero) is 1. The number of fused-ring (bicyclic) bond motifs is 1. The first kappa shape index (κ1) is 22.3. The van der Waals surface area contributed by atoms with E-state index in [4.69, 9.17) is 9.47 Å². The summed E-state index contributed by atoms with van der Waals surface area (Å²) < 4.78 is 10.3. The first-order valence-corrected chi connectivity index (χ1v) is 10.1. The summed E-state index contributed by atoms with van der Waals surface area (Å²) in [6.07, 6.45) is 0.319. The third-order valence-corrected chi connectivity index (χ3v) is 5.40. The molecule has 1 amide bonds. The zero-order valence-corrected chi connectivity index (χ0v) is 18.1. The number of benzene rings is 1. The molecular weight excluding hydrogens is 400 g/mol. The first-order valence-electron chi connectivity index (χ1n) is 10.1. The first-order chi connectivity index (χ1) is 14.7. The van der Waals surface area contributed by atoms with Gasteiger partial charge in [0.2, 0.25) is 11.7 Å². The number of amides is 1. The maximum atomic E-state index is 12.8. The molecule has 1 unspecified atom stereocenters. The molecule has 0 bridgehead atoms. The molecule has 1 atom stereocenters. The second kappa shape index (κ2) is 9.16. The van der Waals surface area contributed by atoms with Gasteiger partial charge in [0.25, 0.3) is 0 Å². The van der Waals surface area contributed by atoms with E-state index < -0.39 is 30.4 Å². The number of aromatic nitrogens is 1. The monoisotopic (exact) mass is 426 g/mol. The lowest BCUT2D eigenvalue weighted by Crippen LogP contribution is -2.48. The predicted molar refractivity (Wildman–Crippen MR) is 112 cm³/mol. The van der Waals surface area contributed by atoms with Crippen molar-refractivity contribution in [3.05, 3.63) is 57.9 Å². The van der Waals surface area contributed by atoms with Crippen LogP contribution < -0.4 is 0 Å². The number of carbonyl (C=O) groups is 4. The van der Waals surface area contributed by atoms with Crippen molar-refractivity contribution in [1.29, 1.82) is 0 Å². The lowest BCUT2D eigenvalue weighted by molar-refractivity contribution is -0.154. The molecule has 1 aliphatic rings. The number of aromatic amines is 1. The minimum atomic E-state index is -0.807. The van der Waals surface area contributed by atoms with Gasteiger partial charge in [-0.1, -0.05) is 24.3 Å². The Morgan fingerprint density at radius 3 is 2.32 bits per heavy atom. The topological polar surface area (TPSA) is 106 Å². The van der Waals surface area contributed by atoms with Crippen molar-refractivity contribution in [2.75, 3.05) is 13.2 Å². The Labute approximate surface area is 180 Å². The highest BCUT2D eigenvalue weighted by Gasteiger charge is 2.35. The Kier molecular flexibility index (Phi) is 6.58. The Morgan fingerprint density at radius 2 is 1.68 bits per heavy atom. The third kappa shape index (κ3) is 4.52. The normalized spacial score (nSPS) is 15.2. The van der Waals surface area contributed by atoms with E-state index in [1.54, 1.807) is 20.8 Å². The molecule has 164 valence electrons. The second-order valence-corrected chi connectivity index (χ2v) is 7.51. The fourth-order valence-corrected chi connectivity index (χ4v) is 3.96. The number of rotatable bonds is 6. The van der Waals surface area contributed by atoms with Crippen LogP contribution in [0.2, 0.25) is 0 Å². The van der Waals surface area contributed by atoms with Gasteiger partial charge >= 0.3 is 11.9 Å². The number of nitrogens with zero attached hydrogens (tertiary/aromatic N) is 1. The fourth-order valence-electron chi connectivity index (χ4n) is 3.96. The lowest BCUT2D eigenvalue weighted by atomic mass is 9.94. The van der Waals surface area contributed by atoms with Gasteiger partial charge in [-0.05, 0) is 31.9 Å². The number of ketones is 1. The summed E-state index contributed by atoms with van der Waals surface area (Å²) in [5, 5.41) is 0. The molecule has 2 heterocycles. The van der Waals surface area contributed by atoms with Crippen LogP contribution in [0.15, 0.2) is 24.3 Å². The van der Waals surface area contributed by atoms with Crippen molar-refractivity contribution in [2.24, 2.45) is 0 Å². The summed E-state index contributed by atoms with van der Waals surface area (Å²) in [5.41, 5.74) is 3.26. The second-order valence-electron chi connectivity index (χ2n) is 7.51. The van der Waals surface area contributed by atoms with E-state index in [-0.39, 0.29) is 23.6 Å². The number of esters is 2. The molecule has 0 fully saturated rings. The summed E-state index contributed by atoms with van der Waals surface area (Å²) in [6, 6.07) is 6.79. The summed E-state index contributed by atoms with van der Waals surface area (Å²) in [5.74, 6) is -2.01. The number of H-pyrrole nitrogens is 1. The van der Waals surface area contributed by atoms with Crippen molar-refractivity contribution in [2.45, 2.75) is 46.7 Å². The molecule has 8 nitrogen and oxygen atoms in total. The van der Waals surface area contributed by atoms with E-state index >= 15 is 0 Å². The van der Waals surface area contributed by atoms with Crippen molar-refractivity contribution >= 4 is 23.6 Å². The quantitative estimate of drug-likeness (QED) is 0.562. The average molecular weight is 426 g/mol. The molecule has 1 N–H and O–H groups in total. The van der Waals surface area contributed by atoms with Gasteiger partial charge in [-0.25, -0.2) is 9.59 Å². The van der Waals surface area contributed by atoms with Crippen LogP contribution in [0.5, 0.6) is 0 Å². The standard InChI is InChI=1S/C23H26N2O6/c1-5-30-23(29)21-14(3)24-13(2)20(21)19(27)12-31-22(28)18-10-16-8-6-7-9-17(16)11-25(18)15(4)26/h6-9,18,24H,5,10-12H2,1-4H3. The molecular formula is C23H26N2O6. The van der Waals surface area contributed by atoms with Gasteiger partial charge in [-0.15, -0.1) is 0 Å². The molecule has 0 spiro atoms. The van der Waals surface area contributed by atoms with Crippen LogP contribution >= 0.6 is 0 Å². The number of nitrogens with one attached hydrogen (secondary N) is 1. The van der Waals surface area contributed by atoms with E-state index in [2.05, 4.69) is 4.98 Å². The lowest BCUT2D eigenvalue weighted by Gasteiger charge is -2.34. The van der Waals surface area contributed by atoms with Crippen LogP contribution in [-0.2, 0) is 32.0 Å². The summed E-state index contributed by atoms with van der Waals surface area (Å²) in [6.45, 7) is 6.37. The number of hydrogen-bond acceptors (Lipinski definition) is 6. The third-order valence-electron chi connectivity index (χ3n) is 5.40. The smallest absolute Gasteiger partial charge is 0.340 e. The summed E-state index contributed by atoms with van der Waals surface area (Å²) in [4.78, 5) is 54.4. The molecule has 0 radical (unpaired) electrons. The fraction of sp³-hybridized carbons (Fsp3) is 0.391. The minimum Gasteiger partial charge on any atom is -0.462 e. The largest absolute Gasteiger partial charge is 0.462 e. The molecule has 1 aliphatic heterocycles. The molecule has 8 heteroatoms. The van der Waals surface area contributed by atoms with E-state index in [9.17, 15) is 19.2 Å². The minimum absolute atomic E-state index is 0.150. The molecule has 3 rings (SSSR count). The Balaban J connectivity index is 1.76. The predicted octanol–water partition coefficient (Wildman–Crippen LogP) is 2.51. The number of carbonyl (C=O) groups excluding carboxylic acids is 4. The molecule has 31 heavy (non-hydrogen) atoms. The van der Waals surface area contributed by atoms with Crippen LogP contribution in [0, 0.1) is 13.8 Å². The molecule has 0 aliphatic carbocycles. The zero-order chi connectivity index (χ0) is 22.7. The Hall–Kier alpha value is -3.42. The van der Waals surface area contributed by atoms with E-state index in [0.717, 1.165) is 11.1 Å². The van der Waals surface area contributed by atoms with Gasteiger partial charge in [0, 0.05) is 31.3 Å². The number of hydrogen-bond donors (Lipinski definition) is 1. The molecule has 1 aromatic carbocycles. The van der Waals surface area contributed by atoms with Gasteiger partial charge in [0.1, 0.15) is 6.04 Å². The highest BCUT2D eigenvalue weighted by molar-refractivity contribution is 6.09. The van der Waals surface area contributed by atoms with Gasteiger partial charge in [0.05, 0.1) is 17.7 Å². The number of ether oxygens (including phenoxy) is 2. The Morgan fingerprint density at radius 1 is 1.03 bits per heavy atom. The van der Waals surface area contributed by atoms with Crippen LogP contribution in [0.25, 0.3) is 0 Å². The SMILES string of the molecule is CCOC(=O)c1c(C)[nH]c(C)c1C(=O)COC(=O)C1Cc2ccccc2CN1C(C)=O. The molecule has 0 saturated carbocycles. The zero-order valence-electron chi connectivity index (χ0n) is 18.1. The highest BCUT2D eigenvalue weighted by atomic mass is 16.5. The van der Waals surface area contributed by atoms with E-state index in [1.807, 2.05) is 24.3 Å². The van der Waals surface area contributed by atoms with Crippen molar-refractivity contribution in [1.82, 2.24) is 9.88 Å². The van der Waals surface area contributed by atoms with Crippen molar-refractivity contribution in [3.63, 3.8) is 0 Å².